The Kier molecular flexibility index (Phi) is 4.43. The number of aryl methyl sites for hydroxylation is 1. The quantitative estimate of drug-likeness (QED) is 0.433. The van der Waals surface area contributed by atoms with E-state index in [0.717, 1.165) is 4.52 Å². The van der Waals surface area contributed by atoms with Crippen LogP contribution in [0.3, 0.4) is 0 Å². The zero-order chi connectivity index (χ0) is 18.9. The number of rotatable bonds is 4. The molecule has 10 heteroatoms. The molecule has 0 saturated carbocycles. The van der Waals surface area contributed by atoms with Gasteiger partial charge in [-0.1, -0.05) is 35.4 Å². The predicted octanol–water partition coefficient (Wildman–Crippen LogP) is 3.87. The topological polar surface area (TPSA) is 98.9 Å². The van der Waals surface area contributed by atoms with Gasteiger partial charge in [-0.25, -0.2) is 0 Å². The molecule has 2 heterocycles. The summed E-state index contributed by atoms with van der Waals surface area (Å²) >= 11 is 0. The molecule has 7 nitrogen and oxygen atoms in total. The number of aromatic amines is 1. The number of benzene rings is 1. The van der Waals surface area contributed by atoms with Crippen molar-refractivity contribution in [3.8, 4) is 11.1 Å². The van der Waals surface area contributed by atoms with E-state index >= 15 is 0 Å². The Hall–Kier alpha value is -3.26. The van der Waals surface area contributed by atoms with Gasteiger partial charge in [0, 0.05) is 22.7 Å². The third kappa shape index (κ3) is 3.02. The average Bonchev–Trinajstić information content (AvgIpc) is 2.98. The van der Waals surface area contributed by atoms with E-state index in [0.29, 0.717) is 11.3 Å². The maximum absolute atomic E-state index is 13.5. The number of azide groups is 1. The zero-order valence-corrected chi connectivity index (χ0v) is 13.6. The zero-order valence-electron chi connectivity index (χ0n) is 13.6. The summed E-state index contributed by atoms with van der Waals surface area (Å²) in [6, 6.07) is 7.95. The predicted molar refractivity (Wildman–Crippen MR) is 88.7 cm³/mol. The highest BCUT2D eigenvalue weighted by atomic mass is 19.4. The fraction of sp³-hybridized carbons (Fsp3) is 0.250. The highest BCUT2D eigenvalue weighted by Gasteiger charge is 2.39. The summed E-state index contributed by atoms with van der Waals surface area (Å²) in [5.41, 5.74) is 7.25. The van der Waals surface area contributed by atoms with Gasteiger partial charge in [0.1, 0.15) is 5.65 Å². The summed E-state index contributed by atoms with van der Waals surface area (Å²) < 4.78 is 41.2. The van der Waals surface area contributed by atoms with Crippen LogP contribution in [0.1, 0.15) is 17.0 Å². The maximum atomic E-state index is 13.5. The van der Waals surface area contributed by atoms with Gasteiger partial charge in [0.25, 0.3) is 5.56 Å². The van der Waals surface area contributed by atoms with Crippen LogP contribution in [0, 0.1) is 6.92 Å². The van der Waals surface area contributed by atoms with Crippen molar-refractivity contribution in [1.82, 2.24) is 14.6 Å². The van der Waals surface area contributed by atoms with Crippen molar-refractivity contribution in [2.75, 3.05) is 6.54 Å². The molecule has 0 saturated heterocycles. The normalized spacial score (nSPS) is 11.5. The van der Waals surface area contributed by atoms with Crippen molar-refractivity contribution in [3.05, 3.63) is 68.1 Å². The highest BCUT2D eigenvalue weighted by molar-refractivity contribution is 5.80. The molecular weight excluding hydrogens is 349 g/mol. The molecule has 2 aromatic heterocycles. The first-order chi connectivity index (χ1) is 12.3. The maximum Gasteiger partial charge on any atom is 0.435 e. The van der Waals surface area contributed by atoms with Crippen molar-refractivity contribution >= 4 is 5.65 Å². The molecule has 26 heavy (non-hydrogen) atoms. The van der Waals surface area contributed by atoms with Crippen LogP contribution < -0.4 is 5.56 Å². The monoisotopic (exact) mass is 362 g/mol. The van der Waals surface area contributed by atoms with Gasteiger partial charge in [0.15, 0.2) is 5.69 Å². The minimum atomic E-state index is -4.73. The lowest BCUT2D eigenvalue weighted by Crippen LogP contribution is -2.22. The van der Waals surface area contributed by atoms with E-state index < -0.39 is 17.4 Å². The van der Waals surface area contributed by atoms with Gasteiger partial charge in [-0.05, 0) is 24.4 Å². The summed E-state index contributed by atoms with van der Waals surface area (Å²) in [7, 11) is 0. The number of hydrogen-bond acceptors (Lipinski definition) is 3. The summed E-state index contributed by atoms with van der Waals surface area (Å²) in [5.74, 6) is 0. The number of aromatic nitrogens is 3. The third-order valence-corrected chi connectivity index (χ3v) is 3.95. The van der Waals surface area contributed by atoms with Crippen molar-refractivity contribution in [2.24, 2.45) is 5.11 Å². The van der Waals surface area contributed by atoms with Crippen LogP contribution in [0.15, 0.2) is 40.2 Å². The Bertz CT molecular complexity index is 1060. The molecule has 0 spiro atoms. The number of nitrogens with zero attached hydrogens (tertiary/aromatic N) is 5. The number of nitrogens with one attached hydrogen (secondary N) is 1. The Labute approximate surface area is 144 Å². The Morgan fingerprint density at radius 2 is 2.00 bits per heavy atom. The first-order valence-corrected chi connectivity index (χ1v) is 7.62. The lowest BCUT2D eigenvalue weighted by Gasteiger charge is -2.07. The number of fused-ring (bicyclic) bond motifs is 1. The van der Waals surface area contributed by atoms with E-state index in [1.165, 1.54) is 12.1 Å². The van der Waals surface area contributed by atoms with Crippen molar-refractivity contribution in [2.45, 2.75) is 19.5 Å². The van der Waals surface area contributed by atoms with Crippen LogP contribution in [0.25, 0.3) is 27.2 Å². The van der Waals surface area contributed by atoms with Crippen LogP contribution in [0.2, 0.25) is 0 Å². The summed E-state index contributed by atoms with van der Waals surface area (Å²) in [5, 5.41) is 6.89. The van der Waals surface area contributed by atoms with Crippen molar-refractivity contribution in [3.63, 3.8) is 0 Å². The largest absolute Gasteiger partial charge is 0.435 e. The van der Waals surface area contributed by atoms with Gasteiger partial charge in [0.05, 0.1) is 5.56 Å². The average molecular weight is 362 g/mol. The van der Waals surface area contributed by atoms with Crippen LogP contribution in [-0.2, 0) is 12.6 Å². The van der Waals surface area contributed by atoms with E-state index in [-0.39, 0.29) is 29.7 Å². The van der Waals surface area contributed by atoms with Gasteiger partial charge < -0.3 is 4.98 Å². The molecule has 1 aromatic carbocycles. The molecule has 0 aliphatic rings. The molecule has 0 aliphatic heterocycles. The second-order valence-corrected chi connectivity index (χ2v) is 5.59. The van der Waals surface area contributed by atoms with Crippen LogP contribution in [-0.4, -0.2) is 21.1 Å². The van der Waals surface area contributed by atoms with Gasteiger partial charge >= 0.3 is 6.18 Å². The molecule has 134 valence electrons. The number of hydrogen-bond donors (Lipinski definition) is 1. The number of H-pyrrole nitrogens is 1. The Morgan fingerprint density at radius 1 is 1.31 bits per heavy atom. The Balaban J connectivity index is 2.32. The summed E-state index contributed by atoms with van der Waals surface area (Å²) in [6.07, 6.45) is -4.63. The molecule has 0 bridgehead atoms. The fourth-order valence-corrected chi connectivity index (χ4v) is 2.80. The lowest BCUT2D eigenvalue weighted by atomic mass is 10.1. The van der Waals surface area contributed by atoms with E-state index in [2.05, 4.69) is 20.1 Å². The molecule has 0 unspecified atom stereocenters. The van der Waals surface area contributed by atoms with Gasteiger partial charge in [-0.3, -0.25) is 4.79 Å². The second kappa shape index (κ2) is 6.57. The van der Waals surface area contributed by atoms with Crippen LogP contribution in [0.5, 0.6) is 0 Å². The highest BCUT2D eigenvalue weighted by Crippen LogP contribution is 2.38. The molecule has 0 amide bonds. The SMILES string of the molecule is Cc1[nH]c2c(-c3ccccc3)c(C(F)(F)F)nn2c(=O)c1CCN=[N+]=[N-]. The van der Waals surface area contributed by atoms with E-state index in [1.807, 2.05) is 0 Å². The summed E-state index contributed by atoms with van der Waals surface area (Å²) in [6.45, 7) is 1.60. The van der Waals surface area contributed by atoms with Gasteiger partial charge in [0.2, 0.25) is 0 Å². The number of halogens is 3. The van der Waals surface area contributed by atoms with Crippen molar-refractivity contribution < 1.29 is 13.2 Å². The Morgan fingerprint density at radius 3 is 2.62 bits per heavy atom. The first kappa shape index (κ1) is 17.6. The molecule has 0 radical (unpaired) electrons. The summed E-state index contributed by atoms with van der Waals surface area (Å²) in [4.78, 5) is 18.1. The standard InChI is InChI=1S/C16H13F3N6O/c1-9-11(7-8-21-24-20)15(26)25-14(22-9)12(10-5-3-2-4-6-10)13(23-25)16(17,18)19/h2-6,22H,7-8H2,1H3. The smallest absolute Gasteiger partial charge is 0.343 e. The van der Waals surface area contributed by atoms with Gasteiger partial charge in [-0.2, -0.15) is 22.8 Å². The van der Waals surface area contributed by atoms with Crippen LogP contribution >= 0.6 is 0 Å². The third-order valence-electron chi connectivity index (χ3n) is 3.95. The van der Waals surface area contributed by atoms with E-state index in [9.17, 15) is 18.0 Å². The molecule has 3 rings (SSSR count). The molecule has 1 N–H and O–H groups in total. The van der Waals surface area contributed by atoms with Crippen LogP contribution in [0.4, 0.5) is 13.2 Å². The van der Waals surface area contributed by atoms with Gasteiger partial charge in [-0.15, -0.1) is 0 Å². The minimum absolute atomic E-state index is 0.0187. The fourth-order valence-electron chi connectivity index (χ4n) is 2.80. The van der Waals surface area contributed by atoms with E-state index in [4.69, 9.17) is 5.53 Å². The second-order valence-electron chi connectivity index (χ2n) is 5.59. The molecule has 0 fully saturated rings. The minimum Gasteiger partial charge on any atom is -0.343 e. The molecular formula is C16H13F3N6O. The molecule has 3 aromatic rings. The number of alkyl halides is 3. The lowest BCUT2D eigenvalue weighted by molar-refractivity contribution is -0.140. The first-order valence-electron chi connectivity index (χ1n) is 7.62. The van der Waals surface area contributed by atoms with Crippen molar-refractivity contribution in [1.29, 1.82) is 0 Å². The molecule has 0 aliphatic carbocycles. The molecule has 0 atom stereocenters. The van der Waals surface area contributed by atoms with E-state index in [1.54, 1.807) is 25.1 Å².